The topological polar surface area (TPSA) is 59.5 Å². The molecule has 1 fully saturated rings. The van der Waals surface area contributed by atoms with E-state index in [4.69, 9.17) is 9.47 Å². The predicted molar refractivity (Wildman–Crippen MR) is 90.7 cm³/mol. The number of nitrogens with one attached hydrogen (secondary N) is 1. The number of anilines is 1. The Morgan fingerprint density at radius 2 is 2.00 bits per heavy atom. The molecule has 1 atom stereocenters. The number of halogens is 1. The van der Waals surface area contributed by atoms with Gasteiger partial charge in [-0.1, -0.05) is 22.6 Å². The summed E-state index contributed by atoms with van der Waals surface area (Å²) < 4.78 is 11.1. The minimum absolute atomic E-state index is 0.363. The fourth-order valence-corrected chi connectivity index (χ4v) is 3.36. The lowest BCUT2D eigenvalue weighted by Gasteiger charge is -2.34. The van der Waals surface area contributed by atoms with Gasteiger partial charge in [0.05, 0.1) is 23.8 Å². The first-order chi connectivity index (χ1) is 10.2. The molecule has 1 N–H and O–H groups in total. The van der Waals surface area contributed by atoms with Crippen molar-refractivity contribution in [2.45, 2.75) is 4.05 Å². The number of fused-ring (bicyclic) bond motifs is 1. The minimum atomic E-state index is 0.363. The number of hydrogen-bond donors (Lipinski definition) is 1. The van der Waals surface area contributed by atoms with Crippen LogP contribution in [0.25, 0.3) is 10.9 Å². The molecule has 1 aromatic carbocycles. The molecule has 0 aliphatic carbocycles. The van der Waals surface area contributed by atoms with E-state index < -0.39 is 0 Å². The summed E-state index contributed by atoms with van der Waals surface area (Å²) in [5, 5.41) is 4.37. The highest BCUT2D eigenvalue weighted by Crippen LogP contribution is 2.35. The Morgan fingerprint density at radius 1 is 1.24 bits per heavy atom. The van der Waals surface area contributed by atoms with Crippen molar-refractivity contribution in [2.75, 3.05) is 38.8 Å². The zero-order chi connectivity index (χ0) is 14.8. The lowest BCUT2D eigenvalue weighted by Crippen LogP contribution is -2.48. The number of benzene rings is 1. The molecule has 6 nitrogen and oxygen atoms in total. The first-order valence-electron chi connectivity index (χ1n) is 6.72. The Hall–Kier alpha value is -1.35. The Balaban J connectivity index is 2.14. The summed E-state index contributed by atoms with van der Waals surface area (Å²) in [6.07, 6.45) is 1.61. The van der Waals surface area contributed by atoms with E-state index in [-0.39, 0.29) is 0 Å². The molecular formula is C14H17IN4O2. The summed E-state index contributed by atoms with van der Waals surface area (Å²) in [7, 11) is 3.27. The van der Waals surface area contributed by atoms with Crippen LogP contribution in [0.1, 0.15) is 0 Å². The second-order valence-corrected chi connectivity index (χ2v) is 6.19. The summed E-state index contributed by atoms with van der Waals surface area (Å²) >= 11 is 2.43. The van der Waals surface area contributed by atoms with E-state index in [1.807, 2.05) is 12.1 Å². The molecule has 112 valence electrons. The average Bonchev–Trinajstić information content (AvgIpc) is 2.53. The van der Waals surface area contributed by atoms with Gasteiger partial charge in [-0.25, -0.2) is 9.97 Å². The molecule has 1 aromatic heterocycles. The van der Waals surface area contributed by atoms with Crippen LogP contribution in [0, 0.1) is 0 Å². The highest BCUT2D eigenvalue weighted by molar-refractivity contribution is 14.1. The third-order valence-electron chi connectivity index (χ3n) is 3.57. The largest absolute Gasteiger partial charge is 0.493 e. The lowest BCUT2D eigenvalue weighted by atomic mass is 10.2. The fraction of sp³-hybridized carbons (Fsp3) is 0.429. The zero-order valence-corrected chi connectivity index (χ0v) is 14.1. The van der Waals surface area contributed by atoms with Crippen LogP contribution in [0.2, 0.25) is 0 Å². The molecule has 1 aliphatic rings. The Bertz CT molecular complexity index is 652. The summed E-state index contributed by atoms with van der Waals surface area (Å²) in [5.41, 5.74) is 0.861. The molecule has 1 saturated heterocycles. The molecule has 0 spiro atoms. The van der Waals surface area contributed by atoms with E-state index in [2.05, 4.69) is 42.8 Å². The van der Waals surface area contributed by atoms with Crippen LogP contribution in [0.5, 0.6) is 11.5 Å². The van der Waals surface area contributed by atoms with Gasteiger partial charge in [0.15, 0.2) is 11.5 Å². The van der Waals surface area contributed by atoms with Crippen LogP contribution in [0.3, 0.4) is 0 Å². The maximum atomic E-state index is 5.40. The summed E-state index contributed by atoms with van der Waals surface area (Å²) in [5.74, 6) is 2.32. The van der Waals surface area contributed by atoms with Gasteiger partial charge in [0.2, 0.25) is 0 Å². The van der Waals surface area contributed by atoms with Crippen molar-refractivity contribution in [3.05, 3.63) is 18.5 Å². The van der Waals surface area contributed by atoms with E-state index in [0.29, 0.717) is 15.5 Å². The number of alkyl halides is 1. The Morgan fingerprint density at radius 3 is 2.71 bits per heavy atom. The van der Waals surface area contributed by atoms with E-state index in [1.54, 1.807) is 20.5 Å². The van der Waals surface area contributed by atoms with Gasteiger partial charge in [-0.3, -0.25) is 0 Å². The van der Waals surface area contributed by atoms with E-state index in [0.717, 1.165) is 36.4 Å². The van der Waals surface area contributed by atoms with Gasteiger partial charge in [0.25, 0.3) is 0 Å². The van der Waals surface area contributed by atoms with Gasteiger partial charge in [0, 0.05) is 31.1 Å². The average molecular weight is 400 g/mol. The molecule has 0 amide bonds. The van der Waals surface area contributed by atoms with Crippen LogP contribution < -0.4 is 19.7 Å². The van der Waals surface area contributed by atoms with Crippen LogP contribution in [-0.4, -0.2) is 47.9 Å². The summed E-state index contributed by atoms with van der Waals surface area (Å²) in [6, 6.07) is 3.85. The smallest absolute Gasteiger partial charge is 0.162 e. The van der Waals surface area contributed by atoms with Crippen molar-refractivity contribution >= 4 is 39.3 Å². The monoisotopic (exact) mass is 400 g/mol. The molecule has 21 heavy (non-hydrogen) atoms. The molecule has 1 unspecified atom stereocenters. The maximum Gasteiger partial charge on any atom is 0.162 e. The van der Waals surface area contributed by atoms with Crippen molar-refractivity contribution in [2.24, 2.45) is 0 Å². The molecular weight excluding hydrogens is 383 g/mol. The molecule has 0 radical (unpaired) electrons. The number of methoxy groups -OCH3 is 2. The normalized spacial score (nSPS) is 18.8. The minimum Gasteiger partial charge on any atom is -0.493 e. The number of nitrogens with zero attached hydrogens (tertiary/aromatic N) is 3. The molecule has 1 aliphatic heterocycles. The van der Waals surface area contributed by atoms with Crippen LogP contribution in [-0.2, 0) is 0 Å². The molecule has 0 bridgehead atoms. The van der Waals surface area contributed by atoms with Crippen molar-refractivity contribution in [3.63, 3.8) is 0 Å². The molecule has 2 heterocycles. The van der Waals surface area contributed by atoms with E-state index >= 15 is 0 Å². The van der Waals surface area contributed by atoms with Crippen LogP contribution in [0.15, 0.2) is 18.5 Å². The summed E-state index contributed by atoms with van der Waals surface area (Å²) in [4.78, 5) is 11.2. The van der Waals surface area contributed by atoms with Gasteiger partial charge < -0.3 is 19.7 Å². The SMILES string of the molecule is COc1cc2ncnc(N3CCNCC3I)c2cc1OC. The van der Waals surface area contributed by atoms with Gasteiger partial charge >= 0.3 is 0 Å². The van der Waals surface area contributed by atoms with Crippen molar-refractivity contribution in [1.29, 1.82) is 0 Å². The van der Waals surface area contributed by atoms with Crippen LogP contribution in [0.4, 0.5) is 5.82 Å². The highest BCUT2D eigenvalue weighted by Gasteiger charge is 2.23. The number of ether oxygens (including phenoxy) is 2. The number of rotatable bonds is 3. The maximum absolute atomic E-state index is 5.40. The molecule has 0 saturated carbocycles. The Labute approximate surface area is 137 Å². The van der Waals surface area contributed by atoms with Gasteiger partial charge in [-0.15, -0.1) is 0 Å². The highest BCUT2D eigenvalue weighted by atomic mass is 127. The first-order valence-corrected chi connectivity index (χ1v) is 7.97. The van der Waals surface area contributed by atoms with Gasteiger partial charge in [-0.2, -0.15) is 0 Å². The first kappa shape index (κ1) is 14.6. The fourth-order valence-electron chi connectivity index (χ4n) is 2.51. The van der Waals surface area contributed by atoms with Gasteiger partial charge in [-0.05, 0) is 6.07 Å². The quantitative estimate of drug-likeness (QED) is 0.482. The summed E-state index contributed by atoms with van der Waals surface area (Å²) in [6.45, 7) is 2.83. The molecule has 2 aromatic rings. The second-order valence-electron chi connectivity index (χ2n) is 4.75. The zero-order valence-electron chi connectivity index (χ0n) is 12.0. The van der Waals surface area contributed by atoms with E-state index in [1.165, 1.54) is 0 Å². The lowest BCUT2D eigenvalue weighted by molar-refractivity contribution is 0.356. The van der Waals surface area contributed by atoms with Crippen LogP contribution >= 0.6 is 22.6 Å². The van der Waals surface area contributed by atoms with Crippen molar-refractivity contribution in [1.82, 2.24) is 15.3 Å². The number of aromatic nitrogens is 2. The number of hydrogen-bond acceptors (Lipinski definition) is 6. The second kappa shape index (κ2) is 6.18. The Kier molecular flexibility index (Phi) is 4.29. The standard InChI is InChI=1S/C14H17IN4O2/c1-20-11-5-9-10(6-12(11)21-2)17-8-18-14(9)19-4-3-16-7-13(19)15/h5-6,8,13,16H,3-4,7H2,1-2H3. The van der Waals surface area contributed by atoms with Crippen molar-refractivity contribution in [3.8, 4) is 11.5 Å². The van der Waals surface area contributed by atoms with E-state index in [9.17, 15) is 0 Å². The predicted octanol–water partition coefficient (Wildman–Crippen LogP) is 1.82. The van der Waals surface area contributed by atoms with Gasteiger partial charge in [0.1, 0.15) is 12.1 Å². The molecule has 7 heteroatoms. The van der Waals surface area contributed by atoms with Crippen molar-refractivity contribution < 1.29 is 9.47 Å². The number of piperazine rings is 1. The third-order valence-corrected chi connectivity index (χ3v) is 4.68. The molecule has 3 rings (SSSR count). The third kappa shape index (κ3) is 2.71.